The maximum atomic E-state index is 11.4. The molecule has 1 aromatic rings. The molecule has 5 nitrogen and oxygen atoms in total. The summed E-state index contributed by atoms with van der Waals surface area (Å²) in [5.74, 6) is 6.37. The minimum absolute atomic E-state index is 0.432. The highest BCUT2D eigenvalue weighted by Crippen LogP contribution is 2.06. The van der Waals surface area contributed by atoms with E-state index in [9.17, 15) is 4.79 Å². The highest BCUT2D eigenvalue weighted by atomic mass is 16.6. The molecular weight excluding hydrogens is 256 g/mol. The standard InChI is InChI=1S/C15H20N2O3/c1-15(2,3)20-14(18)16-11-6-5-8-12-9-7-10-13(17-12)19-4/h7,9-10H,6,11H2,1-4H3,(H,16,18). The summed E-state index contributed by atoms with van der Waals surface area (Å²) in [7, 11) is 1.56. The Morgan fingerprint density at radius 3 is 2.80 bits per heavy atom. The van der Waals surface area contributed by atoms with Crippen molar-refractivity contribution in [3.8, 4) is 17.7 Å². The first-order valence-electron chi connectivity index (χ1n) is 6.37. The monoisotopic (exact) mass is 276 g/mol. The van der Waals surface area contributed by atoms with E-state index in [1.165, 1.54) is 0 Å². The van der Waals surface area contributed by atoms with Crippen molar-refractivity contribution >= 4 is 6.09 Å². The maximum absolute atomic E-state index is 11.4. The predicted octanol–water partition coefficient (Wildman–Crippen LogP) is 2.36. The zero-order chi connectivity index (χ0) is 15.0. The van der Waals surface area contributed by atoms with Gasteiger partial charge in [-0.3, -0.25) is 0 Å². The molecular formula is C15H20N2O3. The van der Waals surface area contributed by atoms with Gasteiger partial charge >= 0.3 is 6.09 Å². The Balaban J connectivity index is 2.34. The van der Waals surface area contributed by atoms with Gasteiger partial charge in [-0.25, -0.2) is 9.78 Å². The number of nitrogens with one attached hydrogen (secondary N) is 1. The average Bonchev–Trinajstić information content (AvgIpc) is 2.36. The summed E-state index contributed by atoms with van der Waals surface area (Å²) < 4.78 is 10.1. The van der Waals surface area contributed by atoms with Gasteiger partial charge in [-0.1, -0.05) is 12.0 Å². The fraction of sp³-hybridized carbons (Fsp3) is 0.467. The number of ether oxygens (including phenoxy) is 2. The van der Waals surface area contributed by atoms with E-state index in [1.807, 2.05) is 26.8 Å². The van der Waals surface area contributed by atoms with Gasteiger partial charge in [0.05, 0.1) is 7.11 Å². The van der Waals surface area contributed by atoms with E-state index in [2.05, 4.69) is 22.1 Å². The quantitative estimate of drug-likeness (QED) is 0.680. The third kappa shape index (κ3) is 6.64. The highest BCUT2D eigenvalue weighted by Gasteiger charge is 2.15. The summed E-state index contributed by atoms with van der Waals surface area (Å²) in [6.07, 6.45) is 0.0943. The Morgan fingerprint density at radius 2 is 2.15 bits per heavy atom. The largest absolute Gasteiger partial charge is 0.481 e. The molecule has 0 aliphatic rings. The van der Waals surface area contributed by atoms with Crippen molar-refractivity contribution < 1.29 is 14.3 Å². The summed E-state index contributed by atoms with van der Waals surface area (Å²) >= 11 is 0. The van der Waals surface area contributed by atoms with Crippen LogP contribution in [0.15, 0.2) is 18.2 Å². The molecule has 0 unspecified atom stereocenters. The number of nitrogens with zero attached hydrogens (tertiary/aromatic N) is 1. The van der Waals surface area contributed by atoms with Gasteiger partial charge in [-0.2, -0.15) is 0 Å². The lowest BCUT2D eigenvalue weighted by molar-refractivity contribution is 0.0529. The van der Waals surface area contributed by atoms with Crippen LogP contribution in [0, 0.1) is 11.8 Å². The molecule has 0 fully saturated rings. The van der Waals surface area contributed by atoms with E-state index >= 15 is 0 Å². The molecule has 108 valence electrons. The molecule has 0 saturated heterocycles. The average molecular weight is 276 g/mol. The lowest BCUT2D eigenvalue weighted by atomic mass is 10.2. The van der Waals surface area contributed by atoms with E-state index in [-0.39, 0.29) is 0 Å². The van der Waals surface area contributed by atoms with Crippen molar-refractivity contribution in [1.82, 2.24) is 10.3 Å². The minimum atomic E-state index is -0.486. The summed E-state index contributed by atoms with van der Waals surface area (Å²) in [6, 6.07) is 5.39. The van der Waals surface area contributed by atoms with Gasteiger partial charge in [-0.05, 0) is 32.8 Å². The molecule has 1 heterocycles. The molecule has 0 bridgehead atoms. The molecule has 1 N–H and O–H groups in total. The molecule has 5 heteroatoms. The SMILES string of the molecule is COc1cccc(C#CCCNC(=O)OC(C)(C)C)n1. The first kappa shape index (κ1) is 15.8. The van der Waals surface area contributed by atoms with Crippen LogP contribution >= 0.6 is 0 Å². The molecule has 0 saturated carbocycles. The number of amides is 1. The van der Waals surface area contributed by atoms with Crippen LogP contribution in [0.1, 0.15) is 32.9 Å². The Kier molecular flexibility index (Phi) is 5.85. The Labute approximate surface area is 119 Å². The number of hydrogen-bond acceptors (Lipinski definition) is 4. The van der Waals surface area contributed by atoms with Crippen molar-refractivity contribution in [2.45, 2.75) is 32.8 Å². The number of carbonyl (C=O) groups excluding carboxylic acids is 1. The summed E-state index contributed by atoms with van der Waals surface area (Å²) in [5, 5.41) is 2.64. The van der Waals surface area contributed by atoms with Gasteiger partial charge in [0.25, 0.3) is 0 Å². The van der Waals surface area contributed by atoms with Crippen LogP contribution in [0.3, 0.4) is 0 Å². The fourth-order valence-corrected chi connectivity index (χ4v) is 1.29. The second-order valence-corrected chi connectivity index (χ2v) is 5.05. The maximum Gasteiger partial charge on any atom is 0.407 e. The van der Waals surface area contributed by atoms with E-state index in [0.717, 1.165) is 0 Å². The summed E-state index contributed by atoms with van der Waals surface area (Å²) in [5.41, 5.74) is 0.155. The van der Waals surface area contributed by atoms with Gasteiger partial charge in [-0.15, -0.1) is 0 Å². The van der Waals surface area contributed by atoms with Gasteiger partial charge in [0.1, 0.15) is 11.3 Å². The fourth-order valence-electron chi connectivity index (χ4n) is 1.29. The Morgan fingerprint density at radius 1 is 1.40 bits per heavy atom. The van der Waals surface area contributed by atoms with E-state index in [1.54, 1.807) is 19.2 Å². The zero-order valence-corrected chi connectivity index (χ0v) is 12.3. The molecule has 0 aromatic carbocycles. The van der Waals surface area contributed by atoms with Crippen LogP contribution in [0.25, 0.3) is 0 Å². The van der Waals surface area contributed by atoms with Gasteiger partial charge < -0.3 is 14.8 Å². The molecule has 0 aliphatic carbocycles. The normalized spacial score (nSPS) is 10.2. The number of methoxy groups -OCH3 is 1. The number of rotatable bonds is 3. The molecule has 20 heavy (non-hydrogen) atoms. The topological polar surface area (TPSA) is 60.5 Å². The zero-order valence-electron chi connectivity index (χ0n) is 12.3. The Bertz CT molecular complexity index is 510. The van der Waals surface area contributed by atoms with E-state index in [4.69, 9.17) is 9.47 Å². The molecule has 1 rings (SSSR count). The van der Waals surface area contributed by atoms with Crippen molar-refractivity contribution in [2.75, 3.05) is 13.7 Å². The van der Waals surface area contributed by atoms with Crippen LogP contribution in [-0.4, -0.2) is 30.3 Å². The molecule has 1 aromatic heterocycles. The third-order valence-corrected chi connectivity index (χ3v) is 2.07. The number of carbonyl (C=O) groups is 1. The third-order valence-electron chi connectivity index (χ3n) is 2.07. The van der Waals surface area contributed by atoms with Crippen LogP contribution in [0.4, 0.5) is 4.79 Å². The van der Waals surface area contributed by atoms with Gasteiger partial charge in [0.2, 0.25) is 5.88 Å². The van der Waals surface area contributed by atoms with E-state index < -0.39 is 11.7 Å². The number of aromatic nitrogens is 1. The van der Waals surface area contributed by atoms with Crippen molar-refractivity contribution in [3.63, 3.8) is 0 Å². The van der Waals surface area contributed by atoms with Crippen LogP contribution in [0.5, 0.6) is 5.88 Å². The number of pyridine rings is 1. The number of hydrogen-bond donors (Lipinski definition) is 1. The van der Waals surface area contributed by atoms with Crippen molar-refractivity contribution in [2.24, 2.45) is 0 Å². The van der Waals surface area contributed by atoms with E-state index in [0.29, 0.717) is 24.5 Å². The first-order valence-corrected chi connectivity index (χ1v) is 6.37. The van der Waals surface area contributed by atoms with Gasteiger partial charge in [0, 0.05) is 19.0 Å². The summed E-state index contributed by atoms with van der Waals surface area (Å²) in [4.78, 5) is 15.5. The highest BCUT2D eigenvalue weighted by molar-refractivity contribution is 5.67. The Hall–Kier alpha value is -2.22. The second-order valence-electron chi connectivity index (χ2n) is 5.05. The lowest BCUT2D eigenvalue weighted by Gasteiger charge is -2.19. The minimum Gasteiger partial charge on any atom is -0.481 e. The molecule has 0 spiro atoms. The molecule has 0 atom stereocenters. The predicted molar refractivity (Wildman–Crippen MR) is 76.5 cm³/mol. The number of alkyl carbamates (subject to hydrolysis) is 1. The molecule has 0 aliphatic heterocycles. The summed E-state index contributed by atoms with van der Waals surface area (Å²) in [6.45, 7) is 5.90. The molecule has 0 radical (unpaired) electrons. The van der Waals surface area contributed by atoms with Crippen LogP contribution < -0.4 is 10.1 Å². The first-order chi connectivity index (χ1) is 9.40. The smallest absolute Gasteiger partial charge is 0.407 e. The van der Waals surface area contributed by atoms with Crippen LogP contribution in [-0.2, 0) is 4.74 Å². The van der Waals surface area contributed by atoms with Crippen molar-refractivity contribution in [1.29, 1.82) is 0 Å². The second kappa shape index (κ2) is 7.39. The van der Waals surface area contributed by atoms with Crippen molar-refractivity contribution in [3.05, 3.63) is 23.9 Å². The van der Waals surface area contributed by atoms with Crippen LogP contribution in [0.2, 0.25) is 0 Å². The van der Waals surface area contributed by atoms with Gasteiger partial charge in [0.15, 0.2) is 0 Å². The lowest BCUT2D eigenvalue weighted by Crippen LogP contribution is -2.32. The molecule has 1 amide bonds.